The quantitative estimate of drug-likeness (QED) is 0.710. The molecule has 170 valence electrons. The predicted molar refractivity (Wildman–Crippen MR) is 116 cm³/mol. The SMILES string of the molecule is O=C(N[C@@H]1CC2(CC[C@@H]1N(Cc1ccccc1)C(=O)O)OCCO2)OCc1ccccc1. The third-order valence-electron chi connectivity index (χ3n) is 5.99. The summed E-state index contributed by atoms with van der Waals surface area (Å²) in [4.78, 5) is 26.2. The van der Waals surface area contributed by atoms with Gasteiger partial charge >= 0.3 is 12.2 Å². The summed E-state index contributed by atoms with van der Waals surface area (Å²) in [5.74, 6) is -0.787. The number of nitrogens with zero attached hydrogens (tertiary/aromatic N) is 1. The van der Waals surface area contributed by atoms with E-state index in [1.54, 1.807) is 0 Å². The molecule has 4 rings (SSSR count). The van der Waals surface area contributed by atoms with Crippen LogP contribution in [0.25, 0.3) is 0 Å². The molecule has 0 aromatic heterocycles. The molecular formula is C24H28N2O6. The fourth-order valence-corrected chi connectivity index (χ4v) is 4.44. The van der Waals surface area contributed by atoms with Crippen molar-refractivity contribution >= 4 is 12.2 Å². The largest absolute Gasteiger partial charge is 0.465 e. The van der Waals surface area contributed by atoms with Gasteiger partial charge in [0.2, 0.25) is 0 Å². The van der Waals surface area contributed by atoms with Crippen LogP contribution in [0, 0.1) is 0 Å². The molecule has 1 heterocycles. The summed E-state index contributed by atoms with van der Waals surface area (Å²) in [5, 5.41) is 12.9. The first-order valence-corrected chi connectivity index (χ1v) is 10.8. The second kappa shape index (κ2) is 10.0. The minimum absolute atomic E-state index is 0.134. The summed E-state index contributed by atoms with van der Waals surface area (Å²) in [6.07, 6.45) is -0.205. The molecule has 2 fully saturated rings. The maximum absolute atomic E-state index is 12.6. The summed E-state index contributed by atoms with van der Waals surface area (Å²) in [6.45, 7) is 1.34. The number of amides is 2. The van der Waals surface area contributed by atoms with Crippen LogP contribution in [0.3, 0.4) is 0 Å². The van der Waals surface area contributed by atoms with Gasteiger partial charge in [-0.1, -0.05) is 60.7 Å². The van der Waals surface area contributed by atoms with Gasteiger partial charge in [0.25, 0.3) is 0 Å². The summed E-state index contributed by atoms with van der Waals surface area (Å²) < 4.78 is 17.1. The molecule has 0 radical (unpaired) electrons. The van der Waals surface area contributed by atoms with Gasteiger partial charge in [0.05, 0.1) is 25.3 Å². The van der Waals surface area contributed by atoms with Gasteiger partial charge in [-0.2, -0.15) is 0 Å². The Morgan fingerprint density at radius 3 is 2.28 bits per heavy atom. The van der Waals surface area contributed by atoms with Gasteiger partial charge in [0, 0.05) is 19.4 Å². The van der Waals surface area contributed by atoms with Crippen LogP contribution in [0.5, 0.6) is 0 Å². The lowest BCUT2D eigenvalue weighted by Gasteiger charge is -2.44. The zero-order valence-electron chi connectivity index (χ0n) is 17.8. The second-order valence-corrected chi connectivity index (χ2v) is 8.13. The fraction of sp³-hybridized carbons (Fsp3) is 0.417. The lowest BCUT2D eigenvalue weighted by molar-refractivity contribution is -0.188. The van der Waals surface area contributed by atoms with E-state index in [1.807, 2.05) is 60.7 Å². The number of carboxylic acid groups (broad SMARTS) is 1. The van der Waals surface area contributed by atoms with E-state index in [1.165, 1.54) is 4.90 Å². The molecular weight excluding hydrogens is 412 g/mol. The molecule has 32 heavy (non-hydrogen) atoms. The fourth-order valence-electron chi connectivity index (χ4n) is 4.44. The van der Waals surface area contributed by atoms with Crippen molar-refractivity contribution in [3.8, 4) is 0 Å². The van der Waals surface area contributed by atoms with E-state index in [4.69, 9.17) is 14.2 Å². The van der Waals surface area contributed by atoms with E-state index in [0.717, 1.165) is 11.1 Å². The monoisotopic (exact) mass is 440 g/mol. The van der Waals surface area contributed by atoms with Crippen LogP contribution in [0.2, 0.25) is 0 Å². The highest BCUT2D eigenvalue weighted by molar-refractivity contribution is 5.69. The van der Waals surface area contributed by atoms with Crippen molar-refractivity contribution in [2.45, 2.75) is 50.3 Å². The van der Waals surface area contributed by atoms with Crippen LogP contribution in [-0.4, -0.2) is 53.3 Å². The molecule has 2 aromatic carbocycles. The first-order valence-electron chi connectivity index (χ1n) is 10.8. The van der Waals surface area contributed by atoms with Crippen molar-refractivity contribution in [2.24, 2.45) is 0 Å². The number of rotatable bonds is 6. The molecule has 0 unspecified atom stereocenters. The van der Waals surface area contributed by atoms with Gasteiger partial charge in [-0.3, -0.25) is 4.90 Å². The van der Waals surface area contributed by atoms with E-state index < -0.39 is 30.1 Å². The number of carbonyl (C=O) groups excluding carboxylic acids is 1. The Labute approximate surface area is 187 Å². The molecule has 1 saturated carbocycles. The van der Waals surface area contributed by atoms with Crippen molar-refractivity contribution in [1.82, 2.24) is 10.2 Å². The van der Waals surface area contributed by atoms with E-state index >= 15 is 0 Å². The Balaban J connectivity index is 1.48. The van der Waals surface area contributed by atoms with Gasteiger partial charge in [0.1, 0.15) is 6.61 Å². The van der Waals surface area contributed by atoms with Gasteiger partial charge in [-0.25, -0.2) is 9.59 Å². The molecule has 1 aliphatic heterocycles. The third-order valence-corrected chi connectivity index (χ3v) is 5.99. The van der Waals surface area contributed by atoms with Gasteiger partial charge in [0.15, 0.2) is 5.79 Å². The molecule has 1 aliphatic carbocycles. The number of ether oxygens (including phenoxy) is 3. The number of benzene rings is 2. The highest BCUT2D eigenvalue weighted by atomic mass is 16.7. The van der Waals surface area contributed by atoms with Crippen LogP contribution in [0.4, 0.5) is 9.59 Å². The molecule has 2 amide bonds. The molecule has 8 heteroatoms. The molecule has 1 spiro atoms. The highest BCUT2D eigenvalue weighted by Crippen LogP contribution is 2.38. The third kappa shape index (κ3) is 5.38. The zero-order chi connectivity index (χ0) is 22.4. The molecule has 1 saturated heterocycles. The van der Waals surface area contributed by atoms with Gasteiger partial charge in [-0.15, -0.1) is 0 Å². The first kappa shape index (κ1) is 22.1. The molecule has 0 bridgehead atoms. The van der Waals surface area contributed by atoms with Crippen LogP contribution in [0.15, 0.2) is 60.7 Å². The number of hydrogen-bond donors (Lipinski definition) is 2. The lowest BCUT2D eigenvalue weighted by Crippen LogP contribution is -2.59. The molecule has 8 nitrogen and oxygen atoms in total. The normalized spacial score (nSPS) is 21.8. The van der Waals surface area contributed by atoms with Gasteiger partial charge in [-0.05, 0) is 17.5 Å². The molecule has 2 aromatic rings. The summed E-state index contributed by atoms with van der Waals surface area (Å²) in [5.41, 5.74) is 1.76. The Hall–Kier alpha value is -3.10. The van der Waals surface area contributed by atoms with Crippen molar-refractivity contribution in [2.75, 3.05) is 13.2 Å². The maximum Gasteiger partial charge on any atom is 0.407 e. The van der Waals surface area contributed by atoms with Crippen molar-refractivity contribution in [3.63, 3.8) is 0 Å². The smallest absolute Gasteiger partial charge is 0.407 e. The Bertz CT molecular complexity index is 901. The lowest BCUT2D eigenvalue weighted by atomic mass is 9.84. The first-order chi connectivity index (χ1) is 15.5. The van der Waals surface area contributed by atoms with E-state index in [-0.39, 0.29) is 13.2 Å². The van der Waals surface area contributed by atoms with Crippen LogP contribution >= 0.6 is 0 Å². The Morgan fingerprint density at radius 1 is 1.03 bits per heavy atom. The Kier molecular flexibility index (Phi) is 6.92. The van der Waals surface area contributed by atoms with Crippen LogP contribution in [0.1, 0.15) is 30.4 Å². The van der Waals surface area contributed by atoms with Crippen LogP contribution in [-0.2, 0) is 27.4 Å². The Morgan fingerprint density at radius 2 is 1.66 bits per heavy atom. The van der Waals surface area contributed by atoms with Crippen molar-refractivity contribution in [3.05, 3.63) is 71.8 Å². The average molecular weight is 440 g/mol. The summed E-state index contributed by atoms with van der Waals surface area (Å²) in [6, 6.07) is 17.9. The minimum atomic E-state index is -1.03. The van der Waals surface area contributed by atoms with Crippen LogP contribution < -0.4 is 5.32 Å². The van der Waals surface area contributed by atoms with Crippen molar-refractivity contribution in [1.29, 1.82) is 0 Å². The second-order valence-electron chi connectivity index (χ2n) is 8.13. The number of hydrogen-bond acceptors (Lipinski definition) is 5. The molecule has 2 aliphatic rings. The molecule has 2 N–H and O–H groups in total. The number of nitrogens with one attached hydrogen (secondary N) is 1. The summed E-state index contributed by atoms with van der Waals surface area (Å²) in [7, 11) is 0. The minimum Gasteiger partial charge on any atom is -0.465 e. The standard InChI is InChI=1S/C24H28N2O6/c27-22(30-17-19-9-5-2-6-10-19)25-20-15-24(31-13-14-32-24)12-11-21(20)26(23(28)29)16-18-7-3-1-4-8-18/h1-10,20-21H,11-17H2,(H,25,27)(H,28,29)/t20-,21+/m1/s1. The van der Waals surface area contributed by atoms with E-state index in [9.17, 15) is 14.7 Å². The van der Waals surface area contributed by atoms with E-state index in [2.05, 4.69) is 5.32 Å². The maximum atomic E-state index is 12.6. The highest BCUT2D eigenvalue weighted by Gasteiger charge is 2.48. The zero-order valence-corrected chi connectivity index (χ0v) is 17.8. The predicted octanol–water partition coefficient (Wildman–Crippen LogP) is 3.76. The summed E-state index contributed by atoms with van der Waals surface area (Å²) >= 11 is 0. The van der Waals surface area contributed by atoms with Gasteiger partial charge < -0.3 is 24.6 Å². The topological polar surface area (TPSA) is 97.3 Å². The average Bonchev–Trinajstić information content (AvgIpc) is 3.25. The number of carbonyl (C=O) groups is 2. The molecule has 2 atom stereocenters. The number of alkyl carbamates (subject to hydrolysis) is 1. The van der Waals surface area contributed by atoms with Crippen molar-refractivity contribution < 1.29 is 28.9 Å². The van der Waals surface area contributed by atoms with E-state index in [0.29, 0.717) is 32.5 Å².